The maximum Gasteiger partial charge on any atom is 0.288 e. The SMILES string of the molecule is CC(=O)Nc1ccccc1NC(=O)/C=C(/C)NNC(=O)c1ccccn1. The summed E-state index contributed by atoms with van der Waals surface area (Å²) in [5, 5.41) is 5.31. The van der Waals surface area contributed by atoms with Gasteiger partial charge in [-0.25, -0.2) is 0 Å². The Hall–Kier alpha value is -3.68. The first-order valence-corrected chi connectivity index (χ1v) is 7.79. The van der Waals surface area contributed by atoms with Gasteiger partial charge in [0.15, 0.2) is 0 Å². The second kappa shape index (κ2) is 8.97. The van der Waals surface area contributed by atoms with Gasteiger partial charge in [0.05, 0.1) is 11.4 Å². The summed E-state index contributed by atoms with van der Waals surface area (Å²) in [4.78, 5) is 39.1. The lowest BCUT2D eigenvalue weighted by Crippen LogP contribution is -2.36. The number of carbonyl (C=O) groups excluding carboxylic acids is 3. The number of nitrogens with one attached hydrogen (secondary N) is 4. The second-order valence-corrected chi connectivity index (χ2v) is 5.34. The van der Waals surface area contributed by atoms with Gasteiger partial charge < -0.3 is 16.1 Å². The molecule has 0 saturated heterocycles. The lowest BCUT2D eigenvalue weighted by molar-refractivity contribution is -0.114. The third-order valence-corrected chi connectivity index (χ3v) is 3.11. The molecule has 0 atom stereocenters. The minimum absolute atomic E-state index is 0.239. The molecular formula is C18H19N5O3. The number of benzene rings is 1. The molecule has 0 aliphatic carbocycles. The Kier molecular flexibility index (Phi) is 6.44. The first-order chi connectivity index (χ1) is 12.5. The Labute approximate surface area is 150 Å². The predicted molar refractivity (Wildman–Crippen MR) is 98.0 cm³/mol. The summed E-state index contributed by atoms with van der Waals surface area (Å²) in [6.07, 6.45) is 2.79. The summed E-state index contributed by atoms with van der Waals surface area (Å²) < 4.78 is 0. The zero-order valence-electron chi connectivity index (χ0n) is 14.4. The van der Waals surface area contributed by atoms with Crippen molar-refractivity contribution in [1.29, 1.82) is 0 Å². The van der Waals surface area contributed by atoms with Crippen LogP contribution in [0.2, 0.25) is 0 Å². The van der Waals surface area contributed by atoms with E-state index in [1.54, 1.807) is 49.4 Å². The van der Waals surface area contributed by atoms with Gasteiger partial charge in [0.25, 0.3) is 5.91 Å². The van der Waals surface area contributed by atoms with E-state index in [-0.39, 0.29) is 11.6 Å². The first-order valence-electron chi connectivity index (χ1n) is 7.79. The van der Waals surface area contributed by atoms with Gasteiger partial charge in [0.2, 0.25) is 11.8 Å². The number of pyridine rings is 1. The van der Waals surface area contributed by atoms with Crippen molar-refractivity contribution in [3.05, 3.63) is 66.1 Å². The molecule has 0 unspecified atom stereocenters. The highest BCUT2D eigenvalue weighted by Gasteiger charge is 2.08. The van der Waals surface area contributed by atoms with Crippen LogP contribution in [0.3, 0.4) is 0 Å². The number of carbonyl (C=O) groups is 3. The molecule has 0 spiro atoms. The summed E-state index contributed by atoms with van der Waals surface area (Å²) in [6, 6.07) is 11.8. The lowest BCUT2D eigenvalue weighted by Gasteiger charge is -2.11. The smallest absolute Gasteiger partial charge is 0.288 e. The largest absolute Gasteiger partial charge is 0.325 e. The highest BCUT2D eigenvalue weighted by atomic mass is 16.2. The van der Waals surface area contributed by atoms with Gasteiger partial charge in [-0.1, -0.05) is 18.2 Å². The number of anilines is 2. The Bertz CT molecular complexity index is 834. The van der Waals surface area contributed by atoms with Crippen molar-refractivity contribution in [2.45, 2.75) is 13.8 Å². The number of nitrogens with zero attached hydrogens (tertiary/aromatic N) is 1. The van der Waals surface area contributed by atoms with Crippen LogP contribution < -0.4 is 21.5 Å². The van der Waals surface area contributed by atoms with E-state index in [0.717, 1.165) is 0 Å². The normalized spacial score (nSPS) is 10.6. The number of aromatic nitrogens is 1. The second-order valence-electron chi connectivity index (χ2n) is 5.34. The van der Waals surface area contributed by atoms with Crippen molar-refractivity contribution in [3.63, 3.8) is 0 Å². The Morgan fingerprint density at radius 2 is 1.54 bits per heavy atom. The zero-order valence-corrected chi connectivity index (χ0v) is 14.4. The third-order valence-electron chi connectivity index (χ3n) is 3.11. The third kappa shape index (κ3) is 5.75. The van der Waals surface area contributed by atoms with Crippen molar-refractivity contribution in [3.8, 4) is 0 Å². The average Bonchev–Trinajstić information content (AvgIpc) is 2.61. The fourth-order valence-corrected chi connectivity index (χ4v) is 2.01. The van der Waals surface area contributed by atoms with Gasteiger partial charge in [0.1, 0.15) is 5.69 Å². The summed E-state index contributed by atoms with van der Waals surface area (Å²) in [6.45, 7) is 3.01. The van der Waals surface area contributed by atoms with Crippen LogP contribution in [0.25, 0.3) is 0 Å². The molecule has 2 rings (SSSR count). The molecule has 0 aliphatic rings. The van der Waals surface area contributed by atoms with Gasteiger partial charge in [-0.15, -0.1) is 0 Å². The molecule has 1 aromatic carbocycles. The van der Waals surface area contributed by atoms with Crippen LogP contribution in [0.4, 0.5) is 11.4 Å². The number of allylic oxidation sites excluding steroid dienone is 1. The number of rotatable bonds is 6. The Morgan fingerprint density at radius 1 is 0.885 bits per heavy atom. The highest BCUT2D eigenvalue weighted by Crippen LogP contribution is 2.20. The minimum Gasteiger partial charge on any atom is -0.325 e. The molecule has 1 heterocycles. The molecular weight excluding hydrogens is 334 g/mol. The lowest BCUT2D eigenvalue weighted by atomic mass is 10.2. The topological polar surface area (TPSA) is 112 Å². The van der Waals surface area contributed by atoms with Crippen molar-refractivity contribution < 1.29 is 14.4 Å². The summed E-state index contributed by atoms with van der Waals surface area (Å²) in [5.41, 5.74) is 6.72. The van der Waals surface area contributed by atoms with Crippen molar-refractivity contribution >= 4 is 29.1 Å². The molecule has 0 fully saturated rings. The van der Waals surface area contributed by atoms with E-state index in [4.69, 9.17) is 0 Å². The van der Waals surface area contributed by atoms with Crippen LogP contribution in [0.1, 0.15) is 24.3 Å². The zero-order chi connectivity index (χ0) is 18.9. The standard InChI is InChI=1S/C18H19N5O3/c1-12(22-23-18(26)16-9-5-6-10-19-16)11-17(25)21-15-8-4-3-7-14(15)20-13(2)24/h3-11,22H,1-2H3,(H,20,24)(H,21,25)(H,23,26)/b12-11-. The molecule has 1 aromatic heterocycles. The maximum absolute atomic E-state index is 12.1. The van der Waals surface area contributed by atoms with E-state index >= 15 is 0 Å². The molecule has 0 radical (unpaired) electrons. The van der Waals surface area contributed by atoms with E-state index in [2.05, 4.69) is 26.5 Å². The van der Waals surface area contributed by atoms with Crippen LogP contribution in [0, 0.1) is 0 Å². The van der Waals surface area contributed by atoms with Gasteiger partial charge in [-0.05, 0) is 31.2 Å². The van der Waals surface area contributed by atoms with E-state index in [0.29, 0.717) is 17.1 Å². The van der Waals surface area contributed by atoms with Crippen LogP contribution in [-0.4, -0.2) is 22.7 Å². The number of hydrogen-bond acceptors (Lipinski definition) is 5. The molecule has 134 valence electrons. The molecule has 2 aromatic rings. The van der Waals surface area contributed by atoms with E-state index < -0.39 is 11.8 Å². The molecule has 0 aliphatic heterocycles. The highest BCUT2D eigenvalue weighted by molar-refractivity contribution is 6.03. The van der Waals surface area contributed by atoms with Crippen molar-refractivity contribution in [1.82, 2.24) is 15.8 Å². The molecule has 8 nitrogen and oxygen atoms in total. The minimum atomic E-state index is -0.422. The molecule has 0 bridgehead atoms. The summed E-state index contributed by atoms with van der Waals surface area (Å²) in [5.74, 6) is -1.08. The quantitative estimate of drug-likeness (QED) is 0.467. The fraction of sp³-hybridized carbons (Fsp3) is 0.111. The summed E-state index contributed by atoms with van der Waals surface area (Å²) in [7, 11) is 0. The molecule has 0 saturated carbocycles. The van der Waals surface area contributed by atoms with Crippen molar-refractivity contribution in [2.24, 2.45) is 0 Å². The predicted octanol–water partition coefficient (Wildman–Crippen LogP) is 1.82. The monoisotopic (exact) mass is 353 g/mol. The van der Waals surface area contributed by atoms with Gasteiger partial charge in [-0.3, -0.25) is 24.8 Å². The Morgan fingerprint density at radius 3 is 2.15 bits per heavy atom. The van der Waals surface area contributed by atoms with E-state index in [9.17, 15) is 14.4 Å². The summed E-state index contributed by atoms with van der Waals surface area (Å²) >= 11 is 0. The van der Waals surface area contributed by atoms with Gasteiger partial charge >= 0.3 is 0 Å². The number of hydrazine groups is 1. The molecule has 26 heavy (non-hydrogen) atoms. The van der Waals surface area contributed by atoms with Crippen LogP contribution >= 0.6 is 0 Å². The van der Waals surface area contributed by atoms with Crippen molar-refractivity contribution in [2.75, 3.05) is 10.6 Å². The molecule has 3 amide bonds. The Balaban J connectivity index is 1.94. The maximum atomic E-state index is 12.1. The number of amides is 3. The average molecular weight is 353 g/mol. The van der Waals surface area contributed by atoms with Crippen LogP contribution in [0.5, 0.6) is 0 Å². The number of hydrogen-bond donors (Lipinski definition) is 4. The van der Waals surface area contributed by atoms with E-state index in [1.165, 1.54) is 19.2 Å². The molecule has 8 heteroatoms. The van der Waals surface area contributed by atoms with Crippen LogP contribution in [-0.2, 0) is 9.59 Å². The molecule has 4 N–H and O–H groups in total. The first kappa shape index (κ1) is 18.7. The van der Waals surface area contributed by atoms with Gasteiger partial charge in [-0.2, -0.15) is 0 Å². The van der Waals surface area contributed by atoms with Gasteiger partial charge in [0, 0.05) is 24.9 Å². The fourth-order valence-electron chi connectivity index (χ4n) is 2.01. The van der Waals surface area contributed by atoms with E-state index in [1.807, 2.05) is 0 Å². The number of para-hydroxylation sites is 2. The van der Waals surface area contributed by atoms with Crippen LogP contribution in [0.15, 0.2) is 60.4 Å².